The van der Waals surface area contributed by atoms with Crippen molar-refractivity contribution in [1.29, 1.82) is 0 Å². The summed E-state index contributed by atoms with van der Waals surface area (Å²) in [5.74, 6) is 1.81. The predicted molar refractivity (Wildman–Crippen MR) is 117 cm³/mol. The molecule has 0 saturated carbocycles. The zero-order valence-electron chi connectivity index (χ0n) is 17.3. The summed E-state index contributed by atoms with van der Waals surface area (Å²) in [6, 6.07) is 20.5. The van der Waals surface area contributed by atoms with E-state index in [1.165, 1.54) is 11.1 Å². The Balaban J connectivity index is 1.22. The molecule has 0 saturated heterocycles. The molecule has 2 heterocycles. The third kappa shape index (κ3) is 5.72. The number of nitrogens with one attached hydrogen (secondary N) is 1. The molecule has 1 aliphatic rings. The Hall–Kier alpha value is -2.60. The van der Waals surface area contributed by atoms with E-state index in [1.807, 2.05) is 30.3 Å². The standard InChI is InChI=1S/C25H30N2O3/c28-23(18-27-14-12-20-6-1-2-8-22(20)17-27)19-30-25-10-4-3-7-21(25)16-26-13-11-24-9-5-15-29-24/h1-10,15,23,26,28H,11-14,16-19H2/t23-/m0/s1. The Kier molecular flexibility index (Phi) is 7.19. The minimum atomic E-state index is -0.518. The van der Waals surface area contributed by atoms with Gasteiger partial charge in [0, 0.05) is 44.7 Å². The Morgan fingerprint density at radius 1 is 1.03 bits per heavy atom. The van der Waals surface area contributed by atoms with Crippen LogP contribution in [0, 0.1) is 0 Å². The summed E-state index contributed by atoms with van der Waals surface area (Å²) in [5, 5.41) is 14.0. The van der Waals surface area contributed by atoms with Crippen LogP contribution in [-0.2, 0) is 25.9 Å². The van der Waals surface area contributed by atoms with E-state index >= 15 is 0 Å². The van der Waals surface area contributed by atoms with Gasteiger partial charge in [-0.15, -0.1) is 0 Å². The fourth-order valence-corrected chi connectivity index (χ4v) is 3.93. The third-order valence-electron chi connectivity index (χ3n) is 5.53. The molecule has 0 bridgehead atoms. The molecule has 5 heteroatoms. The number of hydrogen-bond acceptors (Lipinski definition) is 5. The molecule has 3 aromatic rings. The lowest BCUT2D eigenvalue weighted by atomic mass is 10.00. The topological polar surface area (TPSA) is 57.9 Å². The number of para-hydroxylation sites is 1. The molecule has 1 atom stereocenters. The lowest BCUT2D eigenvalue weighted by Gasteiger charge is -2.30. The average Bonchev–Trinajstić information content (AvgIpc) is 3.29. The highest BCUT2D eigenvalue weighted by Gasteiger charge is 2.19. The van der Waals surface area contributed by atoms with Gasteiger partial charge in [-0.3, -0.25) is 4.90 Å². The van der Waals surface area contributed by atoms with Crippen LogP contribution in [0.4, 0.5) is 0 Å². The van der Waals surface area contributed by atoms with E-state index in [9.17, 15) is 5.11 Å². The van der Waals surface area contributed by atoms with Gasteiger partial charge in [0.05, 0.1) is 6.26 Å². The summed E-state index contributed by atoms with van der Waals surface area (Å²) < 4.78 is 11.3. The van der Waals surface area contributed by atoms with Crippen LogP contribution in [0.3, 0.4) is 0 Å². The van der Waals surface area contributed by atoms with Crippen LogP contribution in [-0.4, -0.2) is 42.4 Å². The normalized spacial score (nSPS) is 15.0. The molecule has 0 amide bonds. The highest BCUT2D eigenvalue weighted by molar-refractivity contribution is 5.33. The van der Waals surface area contributed by atoms with E-state index in [0.29, 0.717) is 13.2 Å². The maximum absolute atomic E-state index is 10.5. The first-order valence-corrected chi connectivity index (χ1v) is 10.7. The first-order valence-electron chi connectivity index (χ1n) is 10.7. The Morgan fingerprint density at radius 2 is 1.87 bits per heavy atom. The first kappa shape index (κ1) is 20.7. The number of furan rings is 1. The van der Waals surface area contributed by atoms with Gasteiger partial charge < -0.3 is 19.6 Å². The summed E-state index contributed by atoms with van der Waals surface area (Å²) in [5.41, 5.74) is 3.88. The van der Waals surface area contributed by atoms with Gasteiger partial charge in [-0.2, -0.15) is 0 Å². The predicted octanol–water partition coefficient (Wildman–Crippen LogP) is 3.41. The van der Waals surface area contributed by atoms with Crippen LogP contribution >= 0.6 is 0 Å². The smallest absolute Gasteiger partial charge is 0.123 e. The molecule has 158 valence electrons. The van der Waals surface area contributed by atoms with Crippen LogP contribution in [0.2, 0.25) is 0 Å². The van der Waals surface area contributed by atoms with Crippen molar-refractivity contribution < 1.29 is 14.3 Å². The molecule has 0 fully saturated rings. The van der Waals surface area contributed by atoms with E-state index in [4.69, 9.17) is 9.15 Å². The number of nitrogens with zero attached hydrogens (tertiary/aromatic N) is 1. The van der Waals surface area contributed by atoms with E-state index < -0.39 is 6.10 Å². The number of fused-ring (bicyclic) bond motifs is 1. The van der Waals surface area contributed by atoms with Gasteiger partial charge in [0.25, 0.3) is 0 Å². The molecule has 0 radical (unpaired) electrons. The fourth-order valence-electron chi connectivity index (χ4n) is 3.93. The van der Waals surface area contributed by atoms with Crippen molar-refractivity contribution in [2.75, 3.05) is 26.2 Å². The molecular weight excluding hydrogens is 376 g/mol. The molecule has 1 aliphatic heterocycles. The highest BCUT2D eigenvalue weighted by atomic mass is 16.5. The van der Waals surface area contributed by atoms with Gasteiger partial charge in [0.1, 0.15) is 24.2 Å². The van der Waals surface area contributed by atoms with Gasteiger partial charge in [-0.25, -0.2) is 0 Å². The van der Waals surface area contributed by atoms with Crippen molar-refractivity contribution >= 4 is 0 Å². The number of β-amino-alcohol motifs (C(OH)–C–C–N with tert-alkyl or cyclic N) is 1. The number of aliphatic hydroxyl groups is 1. The number of benzene rings is 2. The molecule has 0 spiro atoms. The number of rotatable bonds is 10. The Bertz CT molecular complexity index is 910. The summed E-state index contributed by atoms with van der Waals surface area (Å²) in [6.07, 6.45) is 3.08. The zero-order valence-corrected chi connectivity index (χ0v) is 17.3. The fraction of sp³-hybridized carbons (Fsp3) is 0.360. The van der Waals surface area contributed by atoms with Crippen LogP contribution in [0.5, 0.6) is 5.75 Å². The summed E-state index contributed by atoms with van der Waals surface area (Å²) >= 11 is 0. The highest BCUT2D eigenvalue weighted by Crippen LogP contribution is 2.20. The number of aliphatic hydroxyl groups excluding tert-OH is 1. The molecule has 2 aromatic carbocycles. The van der Waals surface area contributed by atoms with E-state index in [1.54, 1.807) is 6.26 Å². The van der Waals surface area contributed by atoms with Gasteiger partial charge in [-0.05, 0) is 35.7 Å². The minimum Gasteiger partial charge on any atom is -0.491 e. The number of ether oxygens (including phenoxy) is 1. The van der Waals surface area contributed by atoms with Crippen molar-refractivity contribution in [3.63, 3.8) is 0 Å². The van der Waals surface area contributed by atoms with E-state index in [2.05, 4.69) is 40.5 Å². The van der Waals surface area contributed by atoms with E-state index in [-0.39, 0.29) is 0 Å². The zero-order chi connectivity index (χ0) is 20.6. The largest absolute Gasteiger partial charge is 0.491 e. The second kappa shape index (κ2) is 10.4. The van der Waals surface area contributed by atoms with Crippen molar-refractivity contribution in [3.8, 4) is 5.75 Å². The molecule has 5 nitrogen and oxygen atoms in total. The van der Waals surface area contributed by atoms with Crippen molar-refractivity contribution in [3.05, 3.63) is 89.4 Å². The molecule has 1 aromatic heterocycles. The molecule has 0 unspecified atom stereocenters. The third-order valence-corrected chi connectivity index (χ3v) is 5.53. The van der Waals surface area contributed by atoms with Gasteiger partial charge in [-0.1, -0.05) is 42.5 Å². The van der Waals surface area contributed by atoms with Crippen LogP contribution in [0.25, 0.3) is 0 Å². The second-order valence-electron chi connectivity index (χ2n) is 7.83. The second-order valence-corrected chi connectivity index (χ2v) is 7.83. The van der Waals surface area contributed by atoms with Crippen LogP contribution < -0.4 is 10.1 Å². The monoisotopic (exact) mass is 406 g/mol. The van der Waals surface area contributed by atoms with Crippen molar-refractivity contribution in [1.82, 2.24) is 10.2 Å². The summed E-state index contributed by atoms with van der Waals surface area (Å²) in [4.78, 5) is 2.30. The molecule has 30 heavy (non-hydrogen) atoms. The maximum Gasteiger partial charge on any atom is 0.123 e. The molecule has 4 rings (SSSR count). The van der Waals surface area contributed by atoms with E-state index in [0.717, 1.165) is 56.1 Å². The van der Waals surface area contributed by atoms with Gasteiger partial charge in [0.2, 0.25) is 0 Å². The lowest BCUT2D eigenvalue weighted by Crippen LogP contribution is -2.38. The minimum absolute atomic E-state index is 0.293. The Morgan fingerprint density at radius 3 is 2.73 bits per heavy atom. The Labute approximate surface area is 178 Å². The van der Waals surface area contributed by atoms with Gasteiger partial charge in [0.15, 0.2) is 0 Å². The molecule has 2 N–H and O–H groups in total. The first-order chi connectivity index (χ1) is 14.8. The molecular formula is C25H30N2O3. The van der Waals surface area contributed by atoms with Gasteiger partial charge >= 0.3 is 0 Å². The van der Waals surface area contributed by atoms with Crippen LogP contribution in [0.1, 0.15) is 22.5 Å². The number of hydrogen-bond donors (Lipinski definition) is 2. The molecule has 0 aliphatic carbocycles. The average molecular weight is 407 g/mol. The summed E-state index contributed by atoms with van der Waals surface area (Å²) in [6.45, 7) is 4.34. The lowest BCUT2D eigenvalue weighted by molar-refractivity contribution is 0.0634. The quantitative estimate of drug-likeness (QED) is 0.506. The van der Waals surface area contributed by atoms with Crippen LogP contribution in [0.15, 0.2) is 71.3 Å². The van der Waals surface area contributed by atoms with Crippen molar-refractivity contribution in [2.45, 2.75) is 32.0 Å². The summed E-state index contributed by atoms with van der Waals surface area (Å²) in [7, 11) is 0. The maximum atomic E-state index is 10.5. The SMILES string of the molecule is O[C@H](COc1ccccc1CNCCc1ccco1)CN1CCc2ccccc2C1. The van der Waals surface area contributed by atoms with Crippen molar-refractivity contribution in [2.24, 2.45) is 0 Å².